The van der Waals surface area contributed by atoms with Crippen LogP contribution in [0.3, 0.4) is 0 Å². The van der Waals surface area contributed by atoms with Crippen molar-refractivity contribution in [1.29, 1.82) is 0 Å². The lowest BCUT2D eigenvalue weighted by atomic mass is 9.77. The van der Waals surface area contributed by atoms with Crippen molar-refractivity contribution in [3.8, 4) is 0 Å². The van der Waals surface area contributed by atoms with E-state index in [0.29, 0.717) is 18.7 Å². The summed E-state index contributed by atoms with van der Waals surface area (Å²) in [4.78, 5) is 13.9. The first-order valence-electron chi connectivity index (χ1n) is 7.32. The third-order valence-corrected chi connectivity index (χ3v) is 4.60. The van der Waals surface area contributed by atoms with Crippen LogP contribution in [0.25, 0.3) is 0 Å². The van der Waals surface area contributed by atoms with Gasteiger partial charge in [-0.3, -0.25) is 4.79 Å². The zero-order chi connectivity index (χ0) is 15.5. The lowest BCUT2D eigenvalue weighted by Gasteiger charge is -2.40. The van der Waals surface area contributed by atoms with Crippen LogP contribution < -0.4 is 0 Å². The van der Waals surface area contributed by atoms with E-state index in [1.165, 1.54) is 6.07 Å². The average molecular weight is 297 g/mol. The molecule has 1 heterocycles. The summed E-state index contributed by atoms with van der Waals surface area (Å²) in [5.74, 6) is -1.91. The predicted molar refractivity (Wildman–Crippen MR) is 75.7 cm³/mol. The van der Waals surface area contributed by atoms with Crippen molar-refractivity contribution in [3.63, 3.8) is 0 Å². The first-order chi connectivity index (χ1) is 9.99. The molecule has 0 aromatic heterocycles. The molecule has 0 aliphatic carbocycles. The summed E-state index contributed by atoms with van der Waals surface area (Å²) in [5, 5.41) is 9.48. The molecule has 21 heavy (non-hydrogen) atoms. The highest BCUT2D eigenvalue weighted by atomic mass is 19.2. The van der Waals surface area contributed by atoms with Gasteiger partial charge in [0.05, 0.1) is 6.42 Å². The second-order valence-corrected chi connectivity index (χ2v) is 5.82. The Bertz CT molecular complexity index is 505. The van der Waals surface area contributed by atoms with Gasteiger partial charge in [0.15, 0.2) is 11.6 Å². The minimum Gasteiger partial charge on any atom is -0.396 e. The van der Waals surface area contributed by atoms with Crippen molar-refractivity contribution in [2.24, 2.45) is 5.41 Å². The number of aliphatic hydroxyl groups is 1. The molecule has 0 spiro atoms. The zero-order valence-electron chi connectivity index (χ0n) is 12.2. The first kappa shape index (κ1) is 15.9. The quantitative estimate of drug-likeness (QED) is 0.927. The van der Waals surface area contributed by atoms with Crippen LogP contribution in [0.2, 0.25) is 0 Å². The Kier molecular flexibility index (Phi) is 4.93. The van der Waals surface area contributed by atoms with Crippen LogP contribution in [-0.4, -0.2) is 35.6 Å². The van der Waals surface area contributed by atoms with Gasteiger partial charge < -0.3 is 10.0 Å². The van der Waals surface area contributed by atoms with Crippen LogP contribution >= 0.6 is 0 Å². The number of carbonyl (C=O) groups excluding carboxylic acids is 1. The molecule has 1 N–H and O–H groups in total. The van der Waals surface area contributed by atoms with Crippen LogP contribution in [0.1, 0.15) is 31.7 Å². The molecular weight excluding hydrogens is 276 g/mol. The van der Waals surface area contributed by atoms with Crippen LogP contribution in [0, 0.1) is 17.0 Å². The largest absolute Gasteiger partial charge is 0.396 e. The second kappa shape index (κ2) is 6.52. The van der Waals surface area contributed by atoms with E-state index in [0.717, 1.165) is 31.4 Å². The molecule has 1 amide bonds. The molecule has 1 saturated heterocycles. The molecule has 1 fully saturated rings. The van der Waals surface area contributed by atoms with E-state index in [9.17, 15) is 18.7 Å². The van der Waals surface area contributed by atoms with Gasteiger partial charge in [-0.1, -0.05) is 13.0 Å². The smallest absolute Gasteiger partial charge is 0.226 e. The third kappa shape index (κ3) is 3.59. The molecule has 0 unspecified atom stereocenters. The van der Waals surface area contributed by atoms with Crippen molar-refractivity contribution in [3.05, 3.63) is 35.4 Å². The molecule has 1 aliphatic rings. The standard InChI is InChI=1S/C16H21F2NO2/c1-2-16(11-20)5-7-19(8-6-16)15(21)10-12-3-4-13(17)14(18)9-12/h3-4,9,20H,2,5-8,10-11H2,1H3. The number of nitrogens with zero attached hydrogens (tertiary/aromatic N) is 1. The Hall–Kier alpha value is -1.49. The fraction of sp³-hybridized carbons (Fsp3) is 0.562. The summed E-state index contributed by atoms with van der Waals surface area (Å²) in [6.45, 7) is 3.41. The maximum atomic E-state index is 13.1. The molecule has 116 valence electrons. The maximum absolute atomic E-state index is 13.1. The van der Waals surface area contributed by atoms with Gasteiger partial charge in [-0.05, 0) is 42.4 Å². The van der Waals surface area contributed by atoms with E-state index >= 15 is 0 Å². The number of hydrogen-bond donors (Lipinski definition) is 1. The number of rotatable bonds is 4. The zero-order valence-corrected chi connectivity index (χ0v) is 12.2. The summed E-state index contributed by atoms with van der Waals surface area (Å²) in [6.07, 6.45) is 2.54. The maximum Gasteiger partial charge on any atom is 0.226 e. The Balaban J connectivity index is 1.94. The Labute approximate surface area is 123 Å². The minimum absolute atomic E-state index is 0.0707. The fourth-order valence-electron chi connectivity index (χ4n) is 2.79. The van der Waals surface area contributed by atoms with E-state index in [1.807, 2.05) is 0 Å². The van der Waals surface area contributed by atoms with Gasteiger partial charge in [0.2, 0.25) is 5.91 Å². The molecule has 0 radical (unpaired) electrons. The van der Waals surface area contributed by atoms with Crippen molar-refractivity contribution < 1.29 is 18.7 Å². The van der Waals surface area contributed by atoms with Crippen molar-refractivity contribution in [2.45, 2.75) is 32.6 Å². The monoisotopic (exact) mass is 297 g/mol. The molecule has 1 aliphatic heterocycles. The highest BCUT2D eigenvalue weighted by Crippen LogP contribution is 2.34. The van der Waals surface area contributed by atoms with Crippen LogP contribution in [0.5, 0.6) is 0 Å². The van der Waals surface area contributed by atoms with Gasteiger partial charge in [0.25, 0.3) is 0 Å². The number of likely N-dealkylation sites (tertiary alicyclic amines) is 1. The predicted octanol–water partition coefficient (Wildman–Crippen LogP) is 2.52. The van der Waals surface area contributed by atoms with Crippen LogP contribution in [0.15, 0.2) is 18.2 Å². The third-order valence-electron chi connectivity index (χ3n) is 4.60. The van der Waals surface area contributed by atoms with Gasteiger partial charge in [-0.15, -0.1) is 0 Å². The molecule has 2 rings (SSSR count). The minimum atomic E-state index is -0.927. The summed E-state index contributed by atoms with van der Waals surface area (Å²) in [5.41, 5.74) is 0.409. The number of benzene rings is 1. The van der Waals surface area contributed by atoms with Gasteiger partial charge in [0, 0.05) is 19.7 Å². The van der Waals surface area contributed by atoms with E-state index in [4.69, 9.17) is 0 Å². The Morgan fingerprint density at radius 3 is 2.48 bits per heavy atom. The molecule has 3 nitrogen and oxygen atoms in total. The number of halogens is 2. The summed E-state index contributed by atoms with van der Waals surface area (Å²) < 4.78 is 26.0. The van der Waals surface area contributed by atoms with Gasteiger partial charge in [0.1, 0.15) is 0 Å². The number of hydrogen-bond acceptors (Lipinski definition) is 2. The summed E-state index contributed by atoms with van der Waals surface area (Å²) >= 11 is 0. The van der Waals surface area contributed by atoms with Gasteiger partial charge in [-0.2, -0.15) is 0 Å². The molecule has 1 aromatic carbocycles. The number of amides is 1. The molecule has 1 aromatic rings. The molecule has 0 bridgehead atoms. The lowest BCUT2D eigenvalue weighted by Crippen LogP contribution is -2.45. The van der Waals surface area contributed by atoms with Crippen molar-refractivity contribution >= 4 is 5.91 Å². The van der Waals surface area contributed by atoms with E-state index < -0.39 is 11.6 Å². The van der Waals surface area contributed by atoms with E-state index in [2.05, 4.69) is 6.92 Å². The van der Waals surface area contributed by atoms with Gasteiger partial charge >= 0.3 is 0 Å². The second-order valence-electron chi connectivity index (χ2n) is 5.82. The topological polar surface area (TPSA) is 40.5 Å². The average Bonchev–Trinajstić information content (AvgIpc) is 2.51. The Morgan fingerprint density at radius 1 is 1.29 bits per heavy atom. The van der Waals surface area contributed by atoms with Gasteiger partial charge in [-0.25, -0.2) is 8.78 Å². The molecule has 5 heteroatoms. The van der Waals surface area contributed by atoms with Crippen LogP contribution in [-0.2, 0) is 11.2 Å². The van der Waals surface area contributed by atoms with Crippen LogP contribution in [0.4, 0.5) is 8.78 Å². The summed E-state index contributed by atoms with van der Waals surface area (Å²) in [7, 11) is 0. The van der Waals surface area contributed by atoms with E-state index in [1.54, 1.807) is 4.90 Å². The molecular formula is C16H21F2NO2. The Morgan fingerprint density at radius 2 is 1.95 bits per heavy atom. The number of carbonyl (C=O) groups is 1. The highest BCUT2D eigenvalue weighted by molar-refractivity contribution is 5.78. The van der Waals surface area contributed by atoms with E-state index in [-0.39, 0.29) is 24.3 Å². The highest BCUT2D eigenvalue weighted by Gasteiger charge is 2.33. The fourth-order valence-corrected chi connectivity index (χ4v) is 2.79. The van der Waals surface area contributed by atoms with Crippen molar-refractivity contribution in [2.75, 3.05) is 19.7 Å². The number of aliphatic hydroxyl groups excluding tert-OH is 1. The molecule has 0 saturated carbocycles. The molecule has 0 atom stereocenters. The first-order valence-corrected chi connectivity index (χ1v) is 7.32. The summed E-state index contributed by atoms with van der Waals surface area (Å²) in [6, 6.07) is 3.55. The lowest BCUT2D eigenvalue weighted by molar-refractivity contribution is -0.133. The SMILES string of the molecule is CCC1(CO)CCN(C(=O)Cc2ccc(F)c(F)c2)CC1. The normalized spacial score (nSPS) is 17.8. The number of piperidine rings is 1. The van der Waals surface area contributed by atoms with Crippen molar-refractivity contribution in [1.82, 2.24) is 4.90 Å².